The highest BCUT2D eigenvalue weighted by Crippen LogP contribution is 2.32. The van der Waals surface area contributed by atoms with Crippen LogP contribution in [0, 0.1) is 0 Å². The van der Waals surface area contributed by atoms with Crippen LogP contribution in [0.15, 0.2) is 35.2 Å². The van der Waals surface area contributed by atoms with Gasteiger partial charge in [0.05, 0.1) is 12.8 Å². The zero-order valence-corrected chi connectivity index (χ0v) is 11.0. The number of anilines is 2. The molecule has 0 atom stereocenters. The lowest BCUT2D eigenvalue weighted by molar-refractivity contribution is 0.500. The SMILES string of the molecule is CCNc1cc(N(Cc2ccco2)C2CC2)ncn1. The second-order valence-corrected chi connectivity index (χ2v) is 4.73. The smallest absolute Gasteiger partial charge is 0.134 e. The minimum absolute atomic E-state index is 0.578. The van der Waals surface area contributed by atoms with E-state index in [0.717, 1.165) is 30.5 Å². The van der Waals surface area contributed by atoms with E-state index in [1.165, 1.54) is 12.8 Å². The largest absolute Gasteiger partial charge is 0.467 e. The molecule has 1 saturated carbocycles. The molecule has 1 N–H and O–H groups in total. The Morgan fingerprint density at radius 3 is 3.00 bits per heavy atom. The van der Waals surface area contributed by atoms with Gasteiger partial charge in [-0.1, -0.05) is 0 Å². The summed E-state index contributed by atoms with van der Waals surface area (Å²) in [5.74, 6) is 2.80. The van der Waals surface area contributed by atoms with Crippen molar-refractivity contribution >= 4 is 11.6 Å². The monoisotopic (exact) mass is 258 g/mol. The summed E-state index contributed by atoms with van der Waals surface area (Å²) in [7, 11) is 0. The second-order valence-electron chi connectivity index (χ2n) is 4.73. The minimum atomic E-state index is 0.578. The molecule has 0 spiro atoms. The maximum Gasteiger partial charge on any atom is 0.134 e. The Balaban J connectivity index is 1.81. The number of aromatic nitrogens is 2. The summed E-state index contributed by atoms with van der Waals surface area (Å²) in [6.07, 6.45) is 5.78. The van der Waals surface area contributed by atoms with Crippen LogP contribution >= 0.6 is 0 Å². The predicted molar refractivity (Wildman–Crippen MR) is 74.1 cm³/mol. The molecule has 1 fully saturated rings. The average Bonchev–Trinajstić information content (AvgIpc) is 3.14. The van der Waals surface area contributed by atoms with Gasteiger partial charge >= 0.3 is 0 Å². The first-order valence-electron chi connectivity index (χ1n) is 6.71. The van der Waals surface area contributed by atoms with E-state index >= 15 is 0 Å². The summed E-state index contributed by atoms with van der Waals surface area (Å²) in [6.45, 7) is 3.68. The Morgan fingerprint density at radius 2 is 2.32 bits per heavy atom. The van der Waals surface area contributed by atoms with E-state index in [2.05, 4.69) is 27.1 Å². The van der Waals surface area contributed by atoms with E-state index < -0.39 is 0 Å². The lowest BCUT2D eigenvalue weighted by Crippen LogP contribution is -2.26. The topological polar surface area (TPSA) is 54.2 Å². The number of hydrogen-bond donors (Lipinski definition) is 1. The highest BCUT2D eigenvalue weighted by molar-refractivity contribution is 5.50. The quantitative estimate of drug-likeness (QED) is 0.863. The van der Waals surface area contributed by atoms with Gasteiger partial charge in [-0.25, -0.2) is 9.97 Å². The fraction of sp³-hybridized carbons (Fsp3) is 0.429. The third kappa shape index (κ3) is 2.86. The van der Waals surface area contributed by atoms with E-state index in [4.69, 9.17) is 4.42 Å². The van der Waals surface area contributed by atoms with Gasteiger partial charge in [-0.15, -0.1) is 0 Å². The summed E-state index contributed by atoms with van der Waals surface area (Å²) in [6, 6.07) is 6.51. The maximum absolute atomic E-state index is 5.44. The van der Waals surface area contributed by atoms with Crippen molar-refractivity contribution in [3.05, 3.63) is 36.5 Å². The van der Waals surface area contributed by atoms with Crippen LogP contribution in [0.25, 0.3) is 0 Å². The molecular weight excluding hydrogens is 240 g/mol. The highest BCUT2D eigenvalue weighted by Gasteiger charge is 2.30. The van der Waals surface area contributed by atoms with Crippen molar-refractivity contribution < 1.29 is 4.42 Å². The number of nitrogens with zero attached hydrogens (tertiary/aromatic N) is 3. The average molecular weight is 258 g/mol. The Hall–Kier alpha value is -2.04. The molecule has 2 aromatic heterocycles. The molecule has 3 rings (SSSR count). The van der Waals surface area contributed by atoms with Crippen LogP contribution < -0.4 is 10.2 Å². The van der Waals surface area contributed by atoms with Crippen molar-refractivity contribution in [1.29, 1.82) is 0 Å². The van der Waals surface area contributed by atoms with Crippen molar-refractivity contribution in [2.75, 3.05) is 16.8 Å². The van der Waals surface area contributed by atoms with Crippen LogP contribution in [0.4, 0.5) is 11.6 Å². The highest BCUT2D eigenvalue weighted by atomic mass is 16.3. The number of nitrogens with one attached hydrogen (secondary N) is 1. The molecule has 0 saturated heterocycles. The minimum Gasteiger partial charge on any atom is -0.467 e. The van der Waals surface area contributed by atoms with Gasteiger partial charge in [-0.2, -0.15) is 0 Å². The van der Waals surface area contributed by atoms with Gasteiger partial charge in [0.15, 0.2) is 0 Å². The van der Waals surface area contributed by atoms with Gasteiger partial charge in [-0.3, -0.25) is 0 Å². The first-order valence-corrected chi connectivity index (χ1v) is 6.71. The molecule has 5 heteroatoms. The molecule has 2 heterocycles. The summed E-state index contributed by atoms with van der Waals surface area (Å²) < 4.78 is 5.44. The van der Waals surface area contributed by atoms with Crippen LogP contribution in [0.2, 0.25) is 0 Å². The van der Waals surface area contributed by atoms with E-state index in [9.17, 15) is 0 Å². The van der Waals surface area contributed by atoms with Crippen LogP contribution in [0.1, 0.15) is 25.5 Å². The Bertz CT molecular complexity index is 522. The van der Waals surface area contributed by atoms with E-state index in [1.54, 1.807) is 12.6 Å². The van der Waals surface area contributed by atoms with E-state index in [-0.39, 0.29) is 0 Å². The van der Waals surface area contributed by atoms with Gasteiger partial charge in [-0.05, 0) is 31.9 Å². The Morgan fingerprint density at radius 1 is 1.42 bits per heavy atom. The standard InChI is InChI=1S/C14H18N4O/c1-2-15-13-8-14(17-10-16-13)18(11-5-6-11)9-12-4-3-7-19-12/h3-4,7-8,10-11H,2,5-6,9H2,1H3,(H,15,16,17). The maximum atomic E-state index is 5.44. The molecular formula is C14H18N4O. The predicted octanol–water partition coefficient (Wildman–Crippen LogP) is 2.67. The zero-order valence-electron chi connectivity index (χ0n) is 11.0. The molecule has 0 bridgehead atoms. The van der Waals surface area contributed by atoms with Crippen molar-refractivity contribution in [3.8, 4) is 0 Å². The van der Waals surface area contributed by atoms with E-state index in [0.29, 0.717) is 6.04 Å². The van der Waals surface area contributed by atoms with Crippen molar-refractivity contribution in [2.24, 2.45) is 0 Å². The third-order valence-electron chi connectivity index (χ3n) is 3.20. The summed E-state index contributed by atoms with van der Waals surface area (Å²) in [5, 5.41) is 3.22. The molecule has 2 aromatic rings. The van der Waals surface area contributed by atoms with Crippen molar-refractivity contribution in [3.63, 3.8) is 0 Å². The van der Waals surface area contributed by atoms with Crippen LogP contribution in [-0.4, -0.2) is 22.6 Å². The molecule has 1 aliphatic carbocycles. The van der Waals surface area contributed by atoms with Gasteiger partial charge in [0.1, 0.15) is 23.7 Å². The molecule has 5 nitrogen and oxygen atoms in total. The Labute approximate surface area is 112 Å². The van der Waals surface area contributed by atoms with Gasteiger partial charge in [0.2, 0.25) is 0 Å². The second kappa shape index (κ2) is 5.30. The van der Waals surface area contributed by atoms with Crippen LogP contribution in [-0.2, 0) is 6.54 Å². The van der Waals surface area contributed by atoms with Crippen molar-refractivity contribution in [1.82, 2.24) is 9.97 Å². The molecule has 0 amide bonds. The molecule has 0 aromatic carbocycles. The molecule has 1 aliphatic rings. The van der Waals surface area contributed by atoms with Gasteiger partial charge in [0, 0.05) is 18.7 Å². The number of hydrogen-bond acceptors (Lipinski definition) is 5. The summed E-state index contributed by atoms with van der Waals surface area (Å²) in [5.41, 5.74) is 0. The normalized spacial score (nSPS) is 14.4. The third-order valence-corrected chi connectivity index (χ3v) is 3.20. The summed E-state index contributed by atoms with van der Waals surface area (Å²) in [4.78, 5) is 10.9. The fourth-order valence-electron chi connectivity index (χ4n) is 2.14. The molecule has 0 radical (unpaired) electrons. The molecule has 0 aliphatic heterocycles. The van der Waals surface area contributed by atoms with Crippen LogP contribution in [0.3, 0.4) is 0 Å². The van der Waals surface area contributed by atoms with Gasteiger partial charge in [0.25, 0.3) is 0 Å². The van der Waals surface area contributed by atoms with Gasteiger partial charge < -0.3 is 14.6 Å². The lowest BCUT2D eigenvalue weighted by Gasteiger charge is -2.22. The number of rotatable bonds is 6. The lowest BCUT2D eigenvalue weighted by atomic mass is 10.3. The van der Waals surface area contributed by atoms with Crippen molar-refractivity contribution in [2.45, 2.75) is 32.4 Å². The molecule has 0 unspecified atom stereocenters. The first kappa shape index (κ1) is 12.0. The zero-order chi connectivity index (χ0) is 13.1. The fourth-order valence-corrected chi connectivity index (χ4v) is 2.14. The summed E-state index contributed by atoms with van der Waals surface area (Å²) >= 11 is 0. The molecule has 19 heavy (non-hydrogen) atoms. The Kier molecular flexibility index (Phi) is 3.35. The van der Waals surface area contributed by atoms with Crippen LogP contribution in [0.5, 0.6) is 0 Å². The molecule has 100 valence electrons. The number of furan rings is 1. The van der Waals surface area contributed by atoms with E-state index in [1.807, 2.05) is 18.2 Å². The first-order chi connectivity index (χ1) is 9.36.